The van der Waals surface area contributed by atoms with Crippen molar-refractivity contribution >= 4 is 7.26 Å². The Morgan fingerprint density at radius 1 is 0.655 bits per heavy atom. The Kier molecular flexibility index (Phi) is 15.8. The van der Waals surface area contributed by atoms with Gasteiger partial charge in [0.15, 0.2) is 0 Å². The summed E-state index contributed by atoms with van der Waals surface area (Å²) >= 11 is 0. The summed E-state index contributed by atoms with van der Waals surface area (Å²) in [7, 11) is -1.58. The van der Waals surface area contributed by atoms with E-state index in [1.54, 1.807) is 0 Å². The minimum absolute atomic E-state index is 0.163. The van der Waals surface area contributed by atoms with Crippen LogP contribution in [0.15, 0.2) is 30.3 Å². The van der Waals surface area contributed by atoms with Gasteiger partial charge >= 0.3 is 0 Å². The van der Waals surface area contributed by atoms with E-state index in [2.05, 4.69) is 31.2 Å². The molecule has 0 saturated heterocycles. The second kappa shape index (κ2) is 17.2. The molecule has 1 aromatic rings. The fourth-order valence-electron chi connectivity index (χ4n) is 4.67. The van der Waals surface area contributed by atoms with Crippen LogP contribution in [0.25, 0.3) is 0 Å². The molecular formula is C25H46O3P+. The molecule has 29 heavy (non-hydrogen) atoms. The molecular weight excluding hydrogens is 379 g/mol. The molecule has 3 N–H and O–H groups in total. The van der Waals surface area contributed by atoms with E-state index >= 15 is 0 Å². The van der Waals surface area contributed by atoms with Gasteiger partial charge in [-0.1, -0.05) is 88.6 Å². The second-order valence-electron chi connectivity index (χ2n) is 8.46. The molecule has 0 aliphatic rings. The maximum atomic E-state index is 9.84. The van der Waals surface area contributed by atoms with Crippen molar-refractivity contribution in [2.24, 2.45) is 0 Å². The van der Waals surface area contributed by atoms with Gasteiger partial charge in [0.2, 0.25) is 0 Å². The molecule has 168 valence electrons. The SMILES string of the molecule is CCCCCCCCCCCC[P+](CCO)(CCO)C(CCO)c1ccccc1. The van der Waals surface area contributed by atoms with Gasteiger partial charge < -0.3 is 15.3 Å². The van der Waals surface area contributed by atoms with Crippen LogP contribution in [-0.4, -0.2) is 53.6 Å². The Morgan fingerprint density at radius 3 is 1.66 bits per heavy atom. The summed E-state index contributed by atoms with van der Waals surface area (Å²) in [5, 5.41) is 29.4. The van der Waals surface area contributed by atoms with Crippen LogP contribution in [0.2, 0.25) is 0 Å². The van der Waals surface area contributed by atoms with Crippen LogP contribution in [0.1, 0.15) is 88.8 Å². The van der Waals surface area contributed by atoms with E-state index in [0.717, 1.165) is 24.9 Å². The normalized spacial score (nSPS) is 13.0. The molecule has 0 bridgehead atoms. The van der Waals surface area contributed by atoms with Crippen molar-refractivity contribution in [3.05, 3.63) is 35.9 Å². The molecule has 4 heteroatoms. The third-order valence-electron chi connectivity index (χ3n) is 6.30. The average Bonchev–Trinajstić information content (AvgIpc) is 2.74. The number of hydrogen-bond acceptors (Lipinski definition) is 3. The van der Waals surface area contributed by atoms with Gasteiger partial charge in [0, 0.05) is 20.3 Å². The minimum atomic E-state index is -1.58. The van der Waals surface area contributed by atoms with E-state index in [0.29, 0.717) is 0 Å². The first-order valence-corrected chi connectivity index (χ1v) is 14.4. The lowest BCUT2D eigenvalue weighted by atomic mass is 10.1. The molecule has 0 amide bonds. The zero-order chi connectivity index (χ0) is 21.2. The summed E-state index contributed by atoms with van der Waals surface area (Å²) in [5.41, 5.74) is 1.55. The summed E-state index contributed by atoms with van der Waals surface area (Å²) in [5.74, 6) is 0. The Bertz CT molecular complexity index is 474. The van der Waals surface area contributed by atoms with Crippen LogP contribution >= 0.6 is 7.26 Å². The smallest absolute Gasteiger partial charge is 0.0968 e. The minimum Gasteiger partial charge on any atom is -0.396 e. The van der Waals surface area contributed by atoms with Crippen LogP contribution in [0.4, 0.5) is 0 Å². The maximum absolute atomic E-state index is 9.84. The lowest BCUT2D eigenvalue weighted by Crippen LogP contribution is -2.21. The van der Waals surface area contributed by atoms with Crippen molar-refractivity contribution < 1.29 is 15.3 Å². The van der Waals surface area contributed by atoms with Crippen molar-refractivity contribution in [3.63, 3.8) is 0 Å². The number of aliphatic hydroxyl groups excluding tert-OH is 3. The summed E-state index contributed by atoms with van der Waals surface area (Å²) in [6, 6.07) is 10.5. The highest BCUT2D eigenvalue weighted by Gasteiger charge is 2.44. The third kappa shape index (κ3) is 10.4. The van der Waals surface area contributed by atoms with Gasteiger partial charge in [0.05, 0.1) is 37.4 Å². The summed E-state index contributed by atoms with van der Waals surface area (Å²) < 4.78 is 0. The molecule has 0 saturated carbocycles. The van der Waals surface area contributed by atoms with Crippen LogP contribution in [0.3, 0.4) is 0 Å². The lowest BCUT2D eigenvalue weighted by Gasteiger charge is -2.35. The Labute approximate surface area is 180 Å². The van der Waals surface area contributed by atoms with E-state index < -0.39 is 7.26 Å². The molecule has 0 fully saturated rings. The van der Waals surface area contributed by atoms with Crippen LogP contribution in [0, 0.1) is 0 Å². The van der Waals surface area contributed by atoms with Gasteiger partial charge in [-0.05, 0) is 18.4 Å². The highest BCUT2D eigenvalue weighted by atomic mass is 31.2. The molecule has 0 aromatic heterocycles. The summed E-state index contributed by atoms with van der Waals surface area (Å²) in [6.45, 7) is 2.79. The van der Waals surface area contributed by atoms with Crippen molar-refractivity contribution in [2.75, 3.05) is 38.3 Å². The van der Waals surface area contributed by atoms with Gasteiger partial charge in [-0.2, -0.15) is 0 Å². The fraction of sp³-hybridized carbons (Fsp3) is 0.760. The molecule has 3 nitrogen and oxygen atoms in total. The second-order valence-corrected chi connectivity index (χ2v) is 12.9. The zero-order valence-electron chi connectivity index (χ0n) is 18.8. The number of aliphatic hydroxyl groups is 3. The molecule has 0 radical (unpaired) electrons. The molecule has 1 aromatic carbocycles. The largest absolute Gasteiger partial charge is 0.396 e. The highest BCUT2D eigenvalue weighted by molar-refractivity contribution is 7.76. The Balaban J connectivity index is 2.59. The quantitative estimate of drug-likeness (QED) is 0.187. The first kappa shape index (κ1) is 26.6. The zero-order valence-corrected chi connectivity index (χ0v) is 19.7. The van der Waals surface area contributed by atoms with E-state index in [1.165, 1.54) is 69.8 Å². The van der Waals surface area contributed by atoms with Crippen LogP contribution in [-0.2, 0) is 0 Å². The number of benzene rings is 1. The van der Waals surface area contributed by atoms with Gasteiger partial charge in [0.25, 0.3) is 0 Å². The van der Waals surface area contributed by atoms with Gasteiger partial charge in [-0.15, -0.1) is 0 Å². The number of hydrogen-bond donors (Lipinski definition) is 3. The fourth-order valence-corrected chi connectivity index (χ4v) is 9.39. The topological polar surface area (TPSA) is 60.7 Å². The molecule has 0 aliphatic carbocycles. The first-order valence-electron chi connectivity index (χ1n) is 12.0. The Hall–Kier alpha value is -0.470. The highest BCUT2D eigenvalue weighted by Crippen LogP contribution is 2.70. The van der Waals surface area contributed by atoms with Crippen molar-refractivity contribution in [2.45, 2.75) is 83.2 Å². The standard InChI is InChI=1S/C25H46O3P/c1-2-3-4-5-6-7-8-9-10-14-21-29(22-19-27,23-20-28)25(17-18-26)24-15-12-11-13-16-24/h11-13,15-16,25-28H,2-10,14,17-23H2,1H3/q+1. The molecule has 1 atom stereocenters. The van der Waals surface area contributed by atoms with Gasteiger partial charge in [-0.25, -0.2) is 0 Å². The van der Waals surface area contributed by atoms with E-state index in [1.807, 2.05) is 6.07 Å². The molecule has 0 spiro atoms. The maximum Gasteiger partial charge on any atom is 0.0968 e. The van der Waals surface area contributed by atoms with Crippen LogP contribution < -0.4 is 0 Å². The number of rotatable bonds is 19. The van der Waals surface area contributed by atoms with Crippen LogP contribution in [0.5, 0.6) is 0 Å². The van der Waals surface area contributed by atoms with Crippen molar-refractivity contribution in [1.82, 2.24) is 0 Å². The third-order valence-corrected chi connectivity index (χ3v) is 11.6. The predicted molar refractivity (Wildman–Crippen MR) is 128 cm³/mol. The van der Waals surface area contributed by atoms with E-state index in [9.17, 15) is 15.3 Å². The lowest BCUT2D eigenvalue weighted by molar-refractivity contribution is 0.284. The van der Waals surface area contributed by atoms with Gasteiger partial charge in [-0.3, -0.25) is 0 Å². The molecule has 1 unspecified atom stereocenters. The van der Waals surface area contributed by atoms with E-state index in [4.69, 9.17) is 0 Å². The first-order chi connectivity index (χ1) is 14.2. The summed E-state index contributed by atoms with van der Waals surface area (Å²) in [6.07, 6.45) is 16.7. The predicted octanol–water partition coefficient (Wildman–Crippen LogP) is 6.03. The Morgan fingerprint density at radius 2 is 1.17 bits per heavy atom. The monoisotopic (exact) mass is 425 g/mol. The van der Waals surface area contributed by atoms with Crippen molar-refractivity contribution in [1.29, 1.82) is 0 Å². The summed E-state index contributed by atoms with van der Waals surface area (Å²) in [4.78, 5) is 0. The average molecular weight is 426 g/mol. The molecule has 0 heterocycles. The van der Waals surface area contributed by atoms with Crippen molar-refractivity contribution in [3.8, 4) is 0 Å². The van der Waals surface area contributed by atoms with Gasteiger partial charge in [0.1, 0.15) is 0 Å². The molecule has 0 aliphatic heterocycles. The van der Waals surface area contributed by atoms with E-state index in [-0.39, 0.29) is 25.5 Å². The molecule has 1 rings (SSSR count). The number of unbranched alkanes of at least 4 members (excludes halogenated alkanes) is 9.